The van der Waals surface area contributed by atoms with E-state index in [2.05, 4.69) is 11.8 Å². The smallest absolute Gasteiger partial charge is 0.216 e. The first kappa shape index (κ1) is 18.8. The lowest BCUT2D eigenvalue weighted by molar-refractivity contribution is -0.137. The van der Waals surface area contributed by atoms with Gasteiger partial charge in [0.25, 0.3) is 0 Å². The molecule has 0 saturated heterocycles. The molecule has 0 aliphatic heterocycles. The summed E-state index contributed by atoms with van der Waals surface area (Å²) in [5.74, 6) is 5.47. The van der Waals surface area contributed by atoms with Crippen LogP contribution in [0.5, 0.6) is 0 Å². The molecular formula is C21H18F4. The second kappa shape index (κ2) is 7.14. The minimum Gasteiger partial charge on any atom is -0.216 e. The lowest BCUT2D eigenvalue weighted by Crippen LogP contribution is -2.08. The Labute approximate surface area is 145 Å². The Hall–Kier alpha value is -2.54. The predicted octanol–water partition coefficient (Wildman–Crippen LogP) is 6.71. The summed E-state index contributed by atoms with van der Waals surface area (Å²) in [6, 6.07) is 10.7. The fourth-order valence-electron chi connectivity index (χ4n) is 2.28. The number of halogens is 4. The van der Waals surface area contributed by atoms with Crippen LogP contribution in [-0.2, 0) is 6.18 Å². The molecule has 2 rings (SSSR count). The molecule has 2 aromatic rings. The van der Waals surface area contributed by atoms with E-state index in [9.17, 15) is 17.6 Å². The minimum atomic E-state index is -4.53. The second-order valence-corrected chi connectivity index (χ2v) is 6.64. The van der Waals surface area contributed by atoms with Crippen molar-refractivity contribution in [1.82, 2.24) is 0 Å². The standard InChI is InChI=1S/C21H18F4/c1-20(2,3)12-10-16-8-9-17(14-19(16)21(23,24)25)18-7-5-4-6-15(18)11-13-22/h4-9,11,13-14H,1-3H3. The summed E-state index contributed by atoms with van der Waals surface area (Å²) in [6.45, 7) is 5.50. The van der Waals surface area contributed by atoms with Crippen molar-refractivity contribution in [1.29, 1.82) is 0 Å². The highest BCUT2D eigenvalue weighted by Crippen LogP contribution is 2.36. The normalized spacial score (nSPS) is 12.1. The summed E-state index contributed by atoms with van der Waals surface area (Å²) in [4.78, 5) is 0. The van der Waals surface area contributed by atoms with E-state index in [0.29, 0.717) is 23.0 Å². The molecule has 0 radical (unpaired) electrons. The number of hydrogen-bond donors (Lipinski definition) is 0. The Morgan fingerprint density at radius 2 is 1.64 bits per heavy atom. The summed E-state index contributed by atoms with van der Waals surface area (Å²) in [5.41, 5.74) is 0.136. The van der Waals surface area contributed by atoms with E-state index in [1.54, 1.807) is 30.3 Å². The zero-order chi connectivity index (χ0) is 18.7. The molecule has 0 N–H and O–H groups in total. The van der Waals surface area contributed by atoms with Gasteiger partial charge in [-0.05, 0) is 55.7 Å². The van der Waals surface area contributed by atoms with E-state index in [-0.39, 0.29) is 5.56 Å². The molecule has 0 heterocycles. The third-order valence-corrected chi connectivity index (χ3v) is 3.41. The Morgan fingerprint density at radius 3 is 2.24 bits per heavy atom. The zero-order valence-electron chi connectivity index (χ0n) is 14.2. The molecular weight excluding hydrogens is 328 g/mol. The summed E-state index contributed by atoms with van der Waals surface area (Å²) in [5, 5.41) is 0. The molecule has 0 aromatic heterocycles. The number of alkyl halides is 3. The quantitative estimate of drug-likeness (QED) is 0.419. The zero-order valence-corrected chi connectivity index (χ0v) is 14.2. The maximum absolute atomic E-state index is 13.5. The molecule has 0 aliphatic carbocycles. The van der Waals surface area contributed by atoms with Crippen molar-refractivity contribution in [2.24, 2.45) is 5.41 Å². The van der Waals surface area contributed by atoms with Gasteiger partial charge in [-0.15, -0.1) is 0 Å². The van der Waals surface area contributed by atoms with Crippen molar-refractivity contribution in [2.45, 2.75) is 26.9 Å². The fraction of sp³-hybridized carbons (Fsp3) is 0.238. The summed E-state index contributed by atoms with van der Waals surface area (Å²) in [6.07, 6.45) is -2.94. The van der Waals surface area contributed by atoms with Crippen LogP contribution in [0.1, 0.15) is 37.5 Å². The Balaban J connectivity index is 2.63. The first-order valence-electron chi connectivity index (χ1n) is 7.72. The fourth-order valence-corrected chi connectivity index (χ4v) is 2.28. The van der Waals surface area contributed by atoms with E-state index in [1.165, 1.54) is 12.1 Å². The Bertz CT molecular complexity index is 841. The van der Waals surface area contributed by atoms with Crippen LogP contribution >= 0.6 is 0 Å². The van der Waals surface area contributed by atoms with Gasteiger partial charge in [-0.1, -0.05) is 42.2 Å². The van der Waals surface area contributed by atoms with Crippen LogP contribution in [0.4, 0.5) is 17.6 Å². The molecule has 0 saturated carbocycles. The molecule has 4 heteroatoms. The second-order valence-electron chi connectivity index (χ2n) is 6.64. The van der Waals surface area contributed by atoms with Crippen LogP contribution in [0.3, 0.4) is 0 Å². The predicted molar refractivity (Wildman–Crippen MR) is 93.4 cm³/mol. The van der Waals surface area contributed by atoms with Crippen molar-refractivity contribution >= 4 is 6.08 Å². The van der Waals surface area contributed by atoms with E-state index in [4.69, 9.17) is 0 Å². The van der Waals surface area contributed by atoms with Gasteiger partial charge in [0.05, 0.1) is 11.9 Å². The van der Waals surface area contributed by atoms with Gasteiger partial charge in [0, 0.05) is 11.0 Å². The first-order valence-corrected chi connectivity index (χ1v) is 7.72. The number of rotatable bonds is 2. The molecule has 0 atom stereocenters. The summed E-state index contributed by atoms with van der Waals surface area (Å²) >= 11 is 0. The van der Waals surface area contributed by atoms with Crippen molar-refractivity contribution in [3.8, 4) is 23.0 Å². The van der Waals surface area contributed by atoms with Crippen LogP contribution in [0, 0.1) is 17.3 Å². The molecule has 130 valence electrons. The maximum Gasteiger partial charge on any atom is 0.417 e. The highest BCUT2D eigenvalue weighted by Gasteiger charge is 2.33. The van der Waals surface area contributed by atoms with Gasteiger partial charge < -0.3 is 0 Å². The largest absolute Gasteiger partial charge is 0.417 e. The van der Waals surface area contributed by atoms with Gasteiger partial charge >= 0.3 is 6.18 Å². The minimum absolute atomic E-state index is 0.0651. The van der Waals surface area contributed by atoms with Crippen LogP contribution in [0.15, 0.2) is 48.8 Å². The molecule has 0 fully saturated rings. The first-order chi connectivity index (χ1) is 11.6. The molecule has 0 spiro atoms. The van der Waals surface area contributed by atoms with E-state index < -0.39 is 17.2 Å². The lowest BCUT2D eigenvalue weighted by Gasteiger charge is -2.14. The molecule has 0 nitrogen and oxygen atoms in total. The number of hydrogen-bond acceptors (Lipinski definition) is 0. The lowest BCUT2D eigenvalue weighted by atomic mass is 9.94. The monoisotopic (exact) mass is 346 g/mol. The number of benzene rings is 2. The van der Waals surface area contributed by atoms with E-state index in [1.807, 2.05) is 20.8 Å². The van der Waals surface area contributed by atoms with E-state index >= 15 is 0 Å². The molecule has 0 aliphatic rings. The van der Waals surface area contributed by atoms with Crippen LogP contribution in [0.25, 0.3) is 17.2 Å². The van der Waals surface area contributed by atoms with E-state index in [0.717, 1.165) is 6.07 Å². The highest BCUT2D eigenvalue weighted by atomic mass is 19.4. The average Bonchev–Trinajstić information content (AvgIpc) is 2.52. The third kappa shape index (κ3) is 4.96. The van der Waals surface area contributed by atoms with Gasteiger partial charge in [-0.25, -0.2) is 4.39 Å². The van der Waals surface area contributed by atoms with Crippen molar-refractivity contribution < 1.29 is 17.6 Å². The molecule has 2 aromatic carbocycles. The van der Waals surface area contributed by atoms with Crippen molar-refractivity contribution in [2.75, 3.05) is 0 Å². The highest BCUT2D eigenvalue weighted by molar-refractivity contribution is 5.76. The van der Waals surface area contributed by atoms with Crippen molar-refractivity contribution in [3.63, 3.8) is 0 Å². The SMILES string of the molecule is CC(C)(C)C#Cc1ccc(-c2ccccc2C=CF)cc1C(F)(F)F. The molecule has 0 unspecified atom stereocenters. The van der Waals surface area contributed by atoms with Gasteiger partial charge in [-0.3, -0.25) is 0 Å². The van der Waals surface area contributed by atoms with Gasteiger partial charge in [0.2, 0.25) is 0 Å². The third-order valence-electron chi connectivity index (χ3n) is 3.41. The van der Waals surface area contributed by atoms with Crippen LogP contribution in [-0.4, -0.2) is 0 Å². The molecule has 0 bridgehead atoms. The van der Waals surface area contributed by atoms with Gasteiger partial charge in [-0.2, -0.15) is 13.2 Å². The maximum atomic E-state index is 13.5. The Kier molecular flexibility index (Phi) is 5.37. The Morgan fingerprint density at radius 1 is 0.960 bits per heavy atom. The summed E-state index contributed by atoms with van der Waals surface area (Å²) < 4.78 is 53.0. The van der Waals surface area contributed by atoms with Crippen LogP contribution in [0.2, 0.25) is 0 Å². The average molecular weight is 346 g/mol. The van der Waals surface area contributed by atoms with Crippen molar-refractivity contribution in [3.05, 3.63) is 65.5 Å². The molecule has 0 amide bonds. The topological polar surface area (TPSA) is 0 Å². The molecule has 25 heavy (non-hydrogen) atoms. The summed E-state index contributed by atoms with van der Waals surface area (Å²) in [7, 11) is 0. The van der Waals surface area contributed by atoms with Gasteiger partial charge in [0.1, 0.15) is 0 Å². The van der Waals surface area contributed by atoms with Gasteiger partial charge in [0.15, 0.2) is 0 Å². The van der Waals surface area contributed by atoms with Crippen LogP contribution < -0.4 is 0 Å².